The standard InChI is InChI=1S/C65H41NOS/c1-3-19-45(20-4-1)65(46-21-5-2-6-22-46)57-29-12-9-23-50(57)51-38-37-48(41-58(51)65)66(47-35-33-42(34-36-47)49-26-15-28-55-53-25-11-14-32-62(53)68-64(49)55)59-30-13-10-24-52(59)54-27-16-31-60-63(54)56-39-43-17-7-8-18-44(43)40-61(56)67-60/h1-41H. The second kappa shape index (κ2) is 15.3. The van der Waals surface area contributed by atoms with Crippen molar-refractivity contribution in [2.24, 2.45) is 0 Å². The highest BCUT2D eigenvalue weighted by atomic mass is 32.1. The first kappa shape index (κ1) is 38.7. The van der Waals surface area contributed by atoms with Crippen LogP contribution in [0.2, 0.25) is 0 Å². The lowest BCUT2D eigenvalue weighted by Gasteiger charge is -2.35. The number of furan rings is 1. The van der Waals surface area contributed by atoms with E-state index in [1.165, 1.54) is 75.5 Å². The molecule has 0 saturated heterocycles. The fourth-order valence-corrected chi connectivity index (χ4v) is 12.6. The molecule has 11 aromatic carbocycles. The zero-order chi connectivity index (χ0) is 44.8. The lowest BCUT2D eigenvalue weighted by atomic mass is 9.67. The number of para-hydroxylation sites is 1. The van der Waals surface area contributed by atoms with Crippen molar-refractivity contribution in [1.29, 1.82) is 0 Å². The Kier molecular flexibility index (Phi) is 8.71. The minimum absolute atomic E-state index is 0.549. The molecular formula is C65H41NOS. The zero-order valence-electron chi connectivity index (χ0n) is 36.9. The molecular weight excluding hydrogens is 843 g/mol. The van der Waals surface area contributed by atoms with E-state index in [2.05, 4.69) is 254 Å². The van der Waals surface area contributed by atoms with Crippen molar-refractivity contribution < 1.29 is 4.42 Å². The number of fused-ring (bicyclic) bond motifs is 10. The molecule has 0 N–H and O–H groups in total. The van der Waals surface area contributed by atoms with Crippen LogP contribution in [0.15, 0.2) is 253 Å². The molecule has 0 unspecified atom stereocenters. The van der Waals surface area contributed by atoms with Crippen LogP contribution in [-0.4, -0.2) is 0 Å². The van der Waals surface area contributed by atoms with Gasteiger partial charge in [0.05, 0.1) is 11.1 Å². The molecule has 2 aromatic heterocycles. The van der Waals surface area contributed by atoms with Gasteiger partial charge in [0.15, 0.2) is 0 Å². The highest BCUT2D eigenvalue weighted by Crippen LogP contribution is 2.58. The molecule has 68 heavy (non-hydrogen) atoms. The smallest absolute Gasteiger partial charge is 0.136 e. The third kappa shape index (κ3) is 5.76. The van der Waals surface area contributed by atoms with Crippen LogP contribution in [0.5, 0.6) is 0 Å². The molecule has 0 aliphatic heterocycles. The highest BCUT2D eigenvalue weighted by molar-refractivity contribution is 7.26. The minimum Gasteiger partial charge on any atom is -0.456 e. The van der Waals surface area contributed by atoms with Gasteiger partial charge in [-0.15, -0.1) is 11.3 Å². The van der Waals surface area contributed by atoms with Gasteiger partial charge in [-0.25, -0.2) is 0 Å². The van der Waals surface area contributed by atoms with Gasteiger partial charge in [0.1, 0.15) is 11.2 Å². The summed E-state index contributed by atoms with van der Waals surface area (Å²) in [6.45, 7) is 0. The molecule has 0 amide bonds. The maximum atomic E-state index is 6.67. The van der Waals surface area contributed by atoms with Crippen LogP contribution in [0.3, 0.4) is 0 Å². The lowest BCUT2D eigenvalue weighted by molar-refractivity contribution is 0.669. The third-order valence-electron chi connectivity index (χ3n) is 14.3. The number of hydrogen-bond donors (Lipinski definition) is 0. The first-order valence-electron chi connectivity index (χ1n) is 23.3. The van der Waals surface area contributed by atoms with Crippen molar-refractivity contribution in [3.63, 3.8) is 0 Å². The molecule has 318 valence electrons. The Labute approximate surface area is 398 Å². The van der Waals surface area contributed by atoms with Crippen LogP contribution in [0.25, 0.3) is 86.3 Å². The Bertz CT molecular complexity index is 4050. The summed E-state index contributed by atoms with van der Waals surface area (Å²) in [5.74, 6) is 0. The van der Waals surface area contributed by atoms with Crippen molar-refractivity contribution in [2.45, 2.75) is 5.41 Å². The molecule has 14 rings (SSSR count). The SMILES string of the molecule is c1ccc(C2(c3ccccc3)c3ccccc3-c3ccc(N(c4ccc(-c5cccc6c5sc5ccccc56)cc4)c4ccccc4-c4cccc5oc6cc7ccccc7cc6c45)cc32)cc1. The predicted octanol–water partition coefficient (Wildman–Crippen LogP) is 18.3. The molecule has 0 saturated carbocycles. The van der Waals surface area contributed by atoms with Gasteiger partial charge in [-0.1, -0.05) is 194 Å². The van der Waals surface area contributed by atoms with Gasteiger partial charge in [0.2, 0.25) is 0 Å². The van der Waals surface area contributed by atoms with E-state index in [1.807, 2.05) is 11.3 Å². The van der Waals surface area contributed by atoms with Crippen molar-refractivity contribution in [1.82, 2.24) is 0 Å². The monoisotopic (exact) mass is 883 g/mol. The summed E-state index contributed by atoms with van der Waals surface area (Å²) in [4.78, 5) is 2.47. The van der Waals surface area contributed by atoms with E-state index in [1.54, 1.807) is 0 Å². The van der Waals surface area contributed by atoms with Crippen LogP contribution in [0.1, 0.15) is 22.3 Å². The Morgan fingerprint density at radius 1 is 0.368 bits per heavy atom. The molecule has 3 heteroatoms. The molecule has 0 radical (unpaired) electrons. The Morgan fingerprint density at radius 3 is 1.78 bits per heavy atom. The van der Waals surface area contributed by atoms with Crippen molar-refractivity contribution in [3.8, 4) is 33.4 Å². The summed E-state index contributed by atoms with van der Waals surface area (Å²) < 4.78 is 9.29. The quantitative estimate of drug-likeness (QED) is 0.159. The Hall–Kier alpha value is -8.50. The summed E-state index contributed by atoms with van der Waals surface area (Å²) in [6.07, 6.45) is 0. The fourth-order valence-electron chi connectivity index (χ4n) is 11.4. The summed E-state index contributed by atoms with van der Waals surface area (Å²) in [6, 6.07) is 91.4. The molecule has 0 fully saturated rings. The van der Waals surface area contributed by atoms with Gasteiger partial charge in [0, 0.05) is 47.9 Å². The molecule has 1 aliphatic rings. The van der Waals surface area contributed by atoms with Crippen LogP contribution < -0.4 is 4.90 Å². The lowest BCUT2D eigenvalue weighted by Crippen LogP contribution is -2.28. The maximum Gasteiger partial charge on any atom is 0.136 e. The number of benzene rings is 11. The van der Waals surface area contributed by atoms with E-state index in [-0.39, 0.29) is 0 Å². The average molecular weight is 884 g/mol. The van der Waals surface area contributed by atoms with Gasteiger partial charge in [-0.2, -0.15) is 0 Å². The minimum atomic E-state index is -0.549. The largest absolute Gasteiger partial charge is 0.456 e. The molecule has 0 spiro atoms. The summed E-state index contributed by atoms with van der Waals surface area (Å²) >= 11 is 1.87. The third-order valence-corrected chi connectivity index (χ3v) is 15.6. The number of anilines is 3. The van der Waals surface area contributed by atoms with E-state index >= 15 is 0 Å². The number of hydrogen-bond acceptors (Lipinski definition) is 3. The molecule has 13 aromatic rings. The van der Waals surface area contributed by atoms with Crippen LogP contribution in [-0.2, 0) is 5.41 Å². The van der Waals surface area contributed by atoms with Crippen LogP contribution >= 0.6 is 11.3 Å². The molecule has 2 nitrogen and oxygen atoms in total. The number of nitrogens with zero attached hydrogens (tertiary/aromatic N) is 1. The average Bonchev–Trinajstić information content (AvgIpc) is 4.07. The van der Waals surface area contributed by atoms with Crippen molar-refractivity contribution in [3.05, 3.63) is 271 Å². The first-order valence-corrected chi connectivity index (χ1v) is 24.1. The van der Waals surface area contributed by atoms with Crippen molar-refractivity contribution >= 4 is 81.3 Å². The normalized spacial score (nSPS) is 12.8. The van der Waals surface area contributed by atoms with E-state index < -0.39 is 5.41 Å². The van der Waals surface area contributed by atoms with E-state index in [4.69, 9.17) is 4.42 Å². The second-order valence-electron chi connectivity index (χ2n) is 17.9. The predicted molar refractivity (Wildman–Crippen MR) is 287 cm³/mol. The van der Waals surface area contributed by atoms with Gasteiger partial charge in [-0.3, -0.25) is 0 Å². The Balaban J connectivity index is 1.02. The molecule has 1 aliphatic carbocycles. The Morgan fingerprint density at radius 2 is 0.971 bits per heavy atom. The molecule has 2 heterocycles. The second-order valence-corrected chi connectivity index (χ2v) is 19.0. The topological polar surface area (TPSA) is 16.4 Å². The maximum absolute atomic E-state index is 6.67. The first-order chi connectivity index (χ1) is 33.7. The van der Waals surface area contributed by atoms with Crippen LogP contribution in [0.4, 0.5) is 17.1 Å². The van der Waals surface area contributed by atoms with E-state index in [0.717, 1.165) is 50.1 Å². The fraction of sp³-hybridized carbons (Fsp3) is 0.0154. The number of rotatable bonds is 7. The summed E-state index contributed by atoms with van der Waals surface area (Å²) in [5.41, 5.74) is 16.7. The zero-order valence-corrected chi connectivity index (χ0v) is 37.8. The molecule has 0 bridgehead atoms. The van der Waals surface area contributed by atoms with Gasteiger partial charge >= 0.3 is 0 Å². The summed E-state index contributed by atoms with van der Waals surface area (Å²) in [7, 11) is 0. The van der Waals surface area contributed by atoms with Gasteiger partial charge in [-0.05, 0) is 115 Å². The van der Waals surface area contributed by atoms with E-state index in [9.17, 15) is 0 Å². The summed E-state index contributed by atoms with van der Waals surface area (Å²) in [5, 5.41) is 7.20. The molecule has 0 atom stereocenters. The van der Waals surface area contributed by atoms with Crippen LogP contribution in [0, 0.1) is 0 Å². The van der Waals surface area contributed by atoms with Crippen molar-refractivity contribution in [2.75, 3.05) is 4.90 Å². The van der Waals surface area contributed by atoms with Gasteiger partial charge < -0.3 is 9.32 Å². The van der Waals surface area contributed by atoms with Gasteiger partial charge in [0.25, 0.3) is 0 Å². The van der Waals surface area contributed by atoms with E-state index in [0.29, 0.717) is 0 Å². The highest BCUT2D eigenvalue weighted by Gasteiger charge is 2.46. The number of thiophene rings is 1.